The van der Waals surface area contributed by atoms with Crippen molar-refractivity contribution in [1.29, 1.82) is 0 Å². The van der Waals surface area contributed by atoms with Crippen molar-refractivity contribution < 1.29 is 13.2 Å². The Labute approximate surface area is 134 Å². The Morgan fingerprint density at radius 1 is 1.26 bits per heavy atom. The van der Waals surface area contributed by atoms with E-state index in [9.17, 15) is 8.42 Å². The van der Waals surface area contributed by atoms with Crippen molar-refractivity contribution in [1.82, 2.24) is 14.8 Å². The lowest BCUT2D eigenvalue weighted by molar-refractivity contribution is 0.163. The van der Waals surface area contributed by atoms with Gasteiger partial charge in [0.05, 0.1) is 34.7 Å². The van der Waals surface area contributed by atoms with Crippen LogP contribution in [0, 0.1) is 0 Å². The minimum Gasteiger partial charge on any atom is -0.381 e. The smallest absolute Gasteiger partial charge is 0.180 e. The second kappa shape index (κ2) is 6.47. The first-order chi connectivity index (χ1) is 11.1. The van der Waals surface area contributed by atoms with Crippen LogP contribution in [0.15, 0.2) is 53.8 Å². The summed E-state index contributed by atoms with van der Waals surface area (Å²) in [5.74, 6) is -0.0247. The normalized spacial score (nSPS) is 11.9. The Hall–Kier alpha value is -2.25. The molecule has 7 heteroatoms. The predicted octanol–water partition coefficient (Wildman–Crippen LogP) is 2.23. The van der Waals surface area contributed by atoms with Gasteiger partial charge >= 0.3 is 0 Å². The zero-order chi connectivity index (χ0) is 16.3. The highest BCUT2D eigenvalue weighted by atomic mass is 32.2. The number of nitrogens with zero attached hydrogens (tertiary/aromatic N) is 3. The molecule has 0 aliphatic heterocycles. The van der Waals surface area contributed by atoms with Crippen LogP contribution < -0.4 is 0 Å². The van der Waals surface area contributed by atoms with Gasteiger partial charge in [-0.15, -0.1) is 0 Å². The molecule has 0 radical (unpaired) electrons. The molecule has 120 valence electrons. The average Bonchev–Trinajstić information content (AvgIpc) is 2.99. The van der Waals surface area contributed by atoms with Gasteiger partial charge in [0.2, 0.25) is 0 Å². The second-order valence-electron chi connectivity index (χ2n) is 5.02. The number of benzene rings is 1. The van der Waals surface area contributed by atoms with Crippen molar-refractivity contribution >= 4 is 20.7 Å². The lowest BCUT2D eigenvalue weighted by atomic mass is 10.3. The Morgan fingerprint density at radius 3 is 2.87 bits per heavy atom. The number of ether oxygens (including phenoxy) is 1. The molecule has 0 bridgehead atoms. The number of fused-ring (bicyclic) bond motifs is 1. The number of rotatable bonds is 6. The van der Waals surface area contributed by atoms with E-state index < -0.39 is 9.84 Å². The molecule has 0 amide bonds. The molecular formula is C16H17N3O3S. The maximum atomic E-state index is 12.3. The molecule has 0 saturated heterocycles. The molecule has 0 spiro atoms. The summed E-state index contributed by atoms with van der Waals surface area (Å²) < 4.78 is 31.4. The van der Waals surface area contributed by atoms with Crippen LogP contribution in [0.4, 0.5) is 0 Å². The highest BCUT2D eigenvalue weighted by Crippen LogP contribution is 2.20. The van der Waals surface area contributed by atoms with Crippen LogP contribution in [0.5, 0.6) is 0 Å². The van der Waals surface area contributed by atoms with Gasteiger partial charge in [0.15, 0.2) is 9.84 Å². The van der Waals surface area contributed by atoms with Crippen LogP contribution in [-0.4, -0.2) is 42.1 Å². The fraction of sp³-hybridized carbons (Fsp3) is 0.250. The summed E-state index contributed by atoms with van der Waals surface area (Å²) in [6.07, 6.45) is 5.19. The largest absolute Gasteiger partial charge is 0.381 e. The second-order valence-corrected chi connectivity index (χ2v) is 7.13. The van der Waals surface area contributed by atoms with E-state index in [-0.39, 0.29) is 17.3 Å². The van der Waals surface area contributed by atoms with Crippen LogP contribution in [0.3, 0.4) is 0 Å². The maximum absolute atomic E-state index is 12.3. The zero-order valence-electron chi connectivity index (χ0n) is 12.7. The summed E-state index contributed by atoms with van der Waals surface area (Å²) in [5.41, 5.74) is 1.56. The minimum absolute atomic E-state index is 0.0247. The van der Waals surface area contributed by atoms with Crippen LogP contribution in [0.2, 0.25) is 0 Å². The molecule has 3 rings (SSSR count). The average molecular weight is 331 g/mol. The topological polar surface area (TPSA) is 74.1 Å². The summed E-state index contributed by atoms with van der Waals surface area (Å²) in [6, 6.07) is 8.67. The number of sulfone groups is 1. The van der Waals surface area contributed by atoms with Gasteiger partial charge in [-0.25, -0.2) is 13.1 Å². The van der Waals surface area contributed by atoms with E-state index >= 15 is 0 Å². The molecule has 2 heterocycles. The highest BCUT2D eigenvalue weighted by molar-refractivity contribution is 7.91. The number of hydrogen-bond donors (Lipinski definition) is 0. The fourth-order valence-corrected chi connectivity index (χ4v) is 3.40. The van der Waals surface area contributed by atoms with Gasteiger partial charge in [-0.05, 0) is 37.3 Å². The third kappa shape index (κ3) is 3.40. The summed E-state index contributed by atoms with van der Waals surface area (Å²) in [6.45, 7) is 2.55. The first-order valence-electron chi connectivity index (χ1n) is 7.30. The standard InChI is InChI=1S/C16H17N3O3S/c1-2-22-8-9-23(20,21)15-5-6-16-13(10-15)12-19(18-16)14-4-3-7-17-11-14/h3-7,10-12H,2,8-9H2,1H3. The highest BCUT2D eigenvalue weighted by Gasteiger charge is 2.15. The third-order valence-electron chi connectivity index (χ3n) is 3.45. The maximum Gasteiger partial charge on any atom is 0.180 e. The molecule has 0 saturated carbocycles. The van der Waals surface area contributed by atoms with Crippen molar-refractivity contribution in [3.05, 3.63) is 48.9 Å². The first kappa shape index (κ1) is 15.6. The van der Waals surface area contributed by atoms with Crippen molar-refractivity contribution in [2.45, 2.75) is 11.8 Å². The zero-order valence-corrected chi connectivity index (χ0v) is 13.5. The number of hydrogen-bond acceptors (Lipinski definition) is 5. The molecule has 0 unspecified atom stereocenters. The minimum atomic E-state index is -3.35. The Balaban J connectivity index is 1.93. The first-order valence-corrected chi connectivity index (χ1v) is 8.96. The Bertz CT molecular complexity index is 905. The van der Waals surface area contributed by atoms with Crippen molar-refractivity contribution in [2.75, 3.05) is 19.0 Å². The number of aromatic nitrogens is 3. The summed E-state index contributed by atoms with van der Waals surface area (Å²) in [7, 11) is -3.35. The molecule has 0 atom stereocenters. The van der Waals surface area contributed by atoms with Crippen molar-refractivity contribution in [2.24, 2.45) is 0 Å². The Morgan fingerprint density at radius 2 is 2.13 bits per heavy atom. The number of pyridine rings is 1. The monoisotopic (exact) mass is 331 g/mol. The van der Waals surface area contributed by atoms with E-state index in [2.05, 4.69) is 10.1 Å². The van der Waals surface area contributed by atoms with Gasteiger partial charge in [0.25, 0.3) is 0 Å². The fourth-order valence-electron chi connectivity index (χ4n) is 2.25. The SMILES string of the molecule is CCOCCS(=O)(=O)c1ccc2nn(-c3cccnc3)cc2c1. The van der Waals surface area contributed by atoms with Gasteiger partial charge in [-0.3, -0.25) is 4.98 Å². The third-order valence-corrected chi connectivity index (χ3v) is 5.12. The molecular weight excluding hydrogens is 314 g/mol. The van der Waals surface area contributed by atoms with E-state index in [0.717, 1.165) is 16.6 Å². The Kier molecular flexibility index (Phi) is 4.40. The molecule has 6 nitrogen and oxygen atoms in total. The molecule has 0 N–H and O–H groups in total. The molecule has 0 aliphatic rings. The predicted molar refractivity (Wildman–Crippen MR) is 87.4 cm³/mol. The molecule has 0 fully saturated rings. The van der Waals surface area contributed by atoms with Gasteiger partial charge in [0.1, 0.15) is 0 Å². The molecule has 0 aliphatic carbocycles. The summed E-state index contributed by atoms with van der Waals surface area (Å²) in [4.78, 5) is 4.35. The van der Waals surface area contributed by atoms with E-state index in [1.807, 2.05) is 19.1 Å². The van der Waals surface area contributed by atoms with Gasteiger partial charge in [-0.2, -0.15) is 5.10 Å². The molecule has 23 heavy (non-hydrogen) atoms. The summed E-state index contributed by atoms with van der Waals surface area (Å²) in [5, 5.41) is 5.21. The lowest BCUT2D eigenvalue weighted by Crippen LogP contribution is -2.12. The van der Waals surface area contributed by atoms with E-state index in [0.29, 0.717) is 6.61 Å². The van der Waals surface area contributed by atoms with E-state index in [1.165, 1.54) is 0 Å². The van der Waals surface area contributed by atoms with E-state index in [1.54, 1.807) is 41.5 Å². The van der Waals surface area contributed by atoms with Crippen LogP contribution in [0.1, 0.15) is 6.92 Å². The van der Waals surface area contributed by atoms with Crippen LogP contribution >= 0.6 is 0 Å². The molecule has 2 aromatic heterocycles. The van der Waals surface area contributed by atoms with Gasteiger partial charge < -0.3 is 4.74 Å². The van der Waals surface area contributed by atoms with Gasteiger partial charge in [-0.1, -0.05) is 0 Å². The van der Waals surface area contributed by atoms with E-state index in [4.69, 9.17) is 4.74 Å². The lowest BCUT2D eigenvalue weighted by Gasteiger charge is -2.04. The van der Waals surface area contributed by atoms with Crippen molar-refractivity contribution in [3.8, 4) is 5.69 Å². The quantitative estimate of drug-likeness (QED) is 0.648. The summed E-state index contributed by atoms with van der Waals surface area (Å²) >= 11 is 0. The van der Waals surface area contributed by atoms with Gasteiger partial charge in [0, 0.05) is 24.4 Å². The van der Waals surface area contributed by atoms with Crippen LogP contribution in [0.25, 0.3) is 16.6 Å². The van der Waals surface area contributed by atoms with Crippen molar-refractivity contribution in [3.63, 3.8) is 0 Å². The molecule has 3 aromatic rings. The van der Waals surface area contributed by atoms with Crippen LogP contribution in [-0.2, 0) is 14.6 Å². The molecule has 1 aromatic carbocycles.